The standard InChI is InChI=1S/C22H19N3O4S/c1-28-15-7-3-13(4-8-15)17-11-22(19(23)24-21(27)25-20(22)26)12-18(30-17)14-5-9-16(29-2)10-6-14/h3-12H,1-2H3,(H3,23,24,25,26,27). The average Bonchev–Trinajstić information content (AvgIpc) is 2.77. The van der Waals surface area contributed by atoms with Gasteiger partial charge >= 0.3 is 6.03 Å². The molecule has 7 nitrogen and oxygen atoms in total. The summed E-state index contributed by atoms with van der Waals surface area (Å²) < 4.78 is 10.5. The van der Waals surface area contributed by atoms with Crippen molar-refractivity contribution >= 4 is 39.3 Å². The fourth-order valence-electron chi connectivity index (χ4n) is 3.25. The fraction of sp³-hybridized carbons (Fsp3) is 0.136. The Kier molecular flexibility index (Phi) is 5.09. The Morgan fingerprint density at radius 2 is 1.33 bits per heavy atom. The first kappa shape index (κ1) is 19.8. The molecule has 2 aromatic carbocycles. The molecule has 0 bridgehead atoms. The lowest BCUT2D eigenvalue weighted by molar-refractivity contribution is -0.123. The van der Waals surface area contributed by atoms with Crippen molar-refractivity contribution < 1.29 is 19.1 Å². The molecule has 3 N–H and O–H groups in total. The molecule has 0 saturated carbocycles. The highest BCUT2D eigenvalue weighted by atomic mass is 32.2. The second-order valence-corrected chi connectivity index (χ2v) is 7.79. The summed E-state index contributed by atoms with van der Waals surface area (Å²) in [5.74, 6) is 0.858. The highest BCUT2D eigenvalue weighted by Crippen LogP contribution is 2.49. The van der Waals surface area contributed by atoms with E-state index >= 15 is 0 Å². The van der Waals surface area contributed by atoms with Crippen LogP contribution in [-0.4, -0.2) is 32.0 Å². The van der Waals surface area contributed by atoms with Gasteiger partial charge < -0.3 is 15.2 Å². The molecule has 4 rings (SSSR count). The number of thioether (sulfide) groups is 1. The Morgan fingerprint density at radius 1 is 0.867 bits per heavy atom. The smallest absolute Gasteiger partial charge is 0.349 e. The van der Waals surface area contributed by atoms with Crippen molar-refractivity contribution in [2.75, 3.05) is 14.2 Å². The molecular weight excluding hydrogens is 402 g/mol. The maximum atomic E-state index is 12.9. The summed E-state index contributed by atoms with van der Waals surface area (Å²) >= 11 is 1.50. The molecule has 0 atom stereocenters. The number of urea groups is 1. The lowest BCUT2D eigenvalue weighted by Crippen LogP contribution is -2.53. The maximum Gasteiger partial charge on any atom is 0.349 e. The lowest BCUT2D eigenvalue weighted by atomic mass is 9.82. The van der Waals surface area contributed by atoms with Gasteiger partial charge in [-0.3, -0.25) is 10.1 Å². The van der Waals surface area contributed by atoms with Crippen LogP contribution in [0, 0.1) is 5.41 Å². The molecule has 2 aliphatic rings. The highest BCUT2D eigenvalue weighted by Gasteiger charge is 2.45. The second-order valence-electron chi connectivity index (χ2n) is 6.70. The Morgan fingerprint density at radius 3 is 1.73 bits per heavy atom. The van der Waals surface area contributed by atoms with Crippen molar-refractivity contribution in [2.45, 2.75) is 0 Å². The van der Waals surface area contributed by atoms with Gasteiger partial charge in [0.15, 0.2) is 0 Å². The molecule has 3 amide bonds. The minimum Gasteiger partial charge on any atom is -0.497 e. The van der Waals surface area contributed by atoms with Crippen LogP contribution in [0.3, 0.4) is 0 Å². The van der Waals surface area contributed by atoms with Crippen molar-refractivity contribution in [1.82, 2.24) is 5.32 Å². The molecule has 0 radical (unpaired) electrons. The molecule has 0 aliphatic carbocycles. The van der Waals surface area contributed by atoms with E-state index in [0.29, 0.717) is 0 Å². The van der Waals surface area contributed by atoms with Gasteiger partial charge in [0, 0.05) is 9.81 Å². The molecule has 8 heteroatoms. The van der Waals surface area contributed by atoms with Gasteiger partial charge in [0.25, 0.3) is 0 Å². The van der Waals surface area contributed by atoms with Crippen molar-refractivity contribution in [2.24, 2.45) is 16.1 Å². The number of amides is 3. The third-order valence-corrected chi connectivity index (χ3v) is 6.08. The van der Waals surface area contributed by atoms with Gasteiger partial charge in [0.05, 0.1) is 14.2 Å². The van der Waals surface area contributed by atoms with Crippen LogP contribution >= 0.6 is 11.8 Å². The molecule has 0 saturated heterocycles. The van der Waals surface area contributed by atoms with Crippen molar-refractivity contribution in [3.05, 3.63) is 71.8 Å². The van der Waals surface area contributed by atoms with E-state index in [1.54, 1.807) is 26.4 Å². The van der Waals surface area contributed by atoms with Crippen LogP contribution in [0.1, 0.15) is 11.1 Å². The zero-order valence-electron chi connectivity index (χ0n) is 16.3. The number of amidine groups is 1. The molecule has 152 valence electrons. The minimum absolute atomic E-state index is 0.0615. The van der Waals surface area contributed by atoms with Crippen molar-refractivity contribution in [3.63, 3.8) is 0 Å². The Labute approximate surface area is 177 Å². The van der Waals surface area contributed by atoms with Gasteiger partial charge in [-0.1, -0.05) is 36.0 Å². The van der Waals surface area contributed by atoms with Crippen LogP contribution in [0.4, 0.5) is 4.79 Å². The molecule has 2 aliphatic heterocycles. The molecule has 1 spiro atoms. The number of methoxy groups -OCH3 is 2. The predicted octanol–water partition coefficient (Wildman–Crippen LogP) is 3.43. The third kappa shape index (κ3) is 3.46. The largest absolute Gasteiger partial charge is 0.497 e. The number of benzene rings is 2. The van der Waals surface area contributed by atoms with Gasteiger partial charge in [-0.15, -0.1) is 0 Å². The van der Waals surface area contributed by atoms with Crippen LogP contribution in [0.5, 0.6) is 11.5 Å². The van der Waals surface area contributed by atoms with E-state index in [0.717, 1.165) is 32.4 Å². The van der Waals surface area contributed by atoms with Crippen LogP contribution in [0.25, 0.3) is 9.81 Å². The summed E-state index contributed by atoms with van der Waals surface area (Å²) in [5.41, 5.74) is 6.54. The summed E-state index contributed by atoms with van der Waals surface area (Å²) in [7, 11) is 3.20. The highest BCUT2D eigenvalue weighted by molar-refractivity contribution is 8.16. The molecule has 30 heavy (non-hydrogen) atoms. The van der Waals surface area contributed by atoms with Crippen molar-refractivity contribution in [1.29, 1.82) is 0 Å². The first-order valence-electron chi connectivity index (χ1n) is 9.07. The number of hydrogen-bond acceptors (Lipinski definition) is 6. The number of carbonyl (C=O) groups excluding carboxylic acids is 2. The van der Waals surface area contributed by atoms with E-state index < -0.39 is 17.4 Å². The Hall–Kier alpha value is -3.52. The van der Waals surface area contributed by atoms with E-state index in [-0.39, 0.29) is 5.84 Å². The normalized spacial score (nSPS) is 17.6. The van der Waals surface area contributed by atoms with Gasteiger partial charge in [0.1, 0.15) is 22.7 Å². The topological polar surface area (TPSA) is 103 Å². The average molecular weight is 421 g/mol. The number of ether oxygens (including phenoxy) is 2. The molecule has 0 aromatic heterocycles. The zero-order valence-corrected chi connectivity index (χ0v) is 17.2. The number of carbonyl (C=O) groups is 2. The fourth-order valence-corrected chi connectivity index (χ4v) is 4.49. The monoisotopic (exact) mass is 421 g/mol. The molecular formula is C22H19N3O4S. The lowest BCUT2D eigenvalue weighted by Gasteiger charge is -2.33. The SMILES string of the molecule is COc1ccc(C2=CC3(C=C(c4ccc(OC)cc4)S2)C(=O)NC(=O)N=C3N)cc1. The number of rotatable bonds is 4. The molecule has 0 fully saturated rings. The van der Waals surface area contributed by atoms with Gasteiger partial charge in [0.2, 0.25) is 5.91 Å². The van der Waals surface area contributed by atoms with E-state index in [4.69, 9.17) is 15.2 Å². The second kappa shape index (κ2) is 7.72. The van der Waals surface area contributed by atoms with Gasteiger partial charge in [-0.2, -0.15) is 4.99 Å². The van der Waals surface area contributed by atoms with E-state index in [1.165, 1.54) is 11.8 Å². The quantitative estimate of drug-likeness (QED) is 0.784. The summed E-state index contributed by atoms with van der Waals surface area (Å²) in [6, 6.07) is 14.2. The van der Waals surface area contributed by atoms with Crippen LogP contribution in [0.15, 0.2) is 65.7 Å². The van der Waals surface area contributed by atoms with Crippen LogP contribution < -0.4 is 20.5 Å². The summed E-state index contributed by atoms with van der Waals surface area (Å²) in [6.45, 7) is 0. The summed E-state index contributed by atoms with van der Waals surface area (Å²) in [5, 5.41) is 2.27. The van der Waals surface area contributed by atoms with Crippen LogP contribution in [0.2, 0.25) is 0 Å². The van der Waals surface area contributed by atoms with Crippen LogP contribution in [-0.2, 0) is 4.79 Å². The zero-order chi connectivity index (χ0) is 21.3. The summed E-state index contributed by atoms with van der Waals surface area (Å²) in [6.07, 6.45) is 3.49. The van der Waals surface area contributed by atoms with E-state index in [2.05, 4.69) is 10.3 Å². The number of imide groups is 1. The van der Waals surface area contributed by atoms with E-state index in [9.17, 15) is 9.59 Å². The third-order valence-electron chi connectivity index (χ3n) is 4.93. The number of nitrogens with one attached hydrogen (secondary N) is 1. The Bertz CT molecular complexity index is 1040. The minimum atomic E-state index is -1.36. The number of nitrogens with two attached hydrogens (primary N) is 1. The van der Waals surface area contributed by atoms with Gasteiger partial charge in [-0.25, -0.2) is 4.79 Å². The number of hydrogen-bond donors (Lipinski definition) is 2. The van der Waals surface area contributed by atoms with Gasteiger partial charge in [-0.05, 0) is 47.5 Å². The Balaban J connectivity index is 1.85. The number of aliphatic imine (C=N–C) groups is 1. The van der Waals surface area contributed by atoms with Crippen molar-refractivity contribution in [3.8, 4) is 11.5 Å². The number of nitrogens with zero attached hydrogens (tertiary/aromatic N) is 1. The molecule has 0 unspecified atom stereocenters. The van der Waals surface area contributed by atoms with E-state index in [1.807, 2.05) is 48.5 Å². The maximum absolute atomic E-state index is 12.9. The first-order valence-corrected chi connectivity index (χ1v) is 9.89. The summed E-state index contributed by atoms with van der Waals surface area (Å²) in [4.78, 5) is 30.0. The molecule has 2 heterocycles. The molecule has 2 aromatic rings. The first-order chi connectivity index (χ1) is 14.4. The predicted molar refractivity (Wildman–Crippen MR) is 117 cm³/mol.